The number of amides is 1. The van der Waals surface area contributed by atoms with E-state index in [9.17, 15) is 4.79 Å². The predicted octanol–water partition coefficient (Wildman–Crippen LogP) is 3.88. The van der Waals surface area contributed by atoms with Gasteiger partial charge in [0.1, 0.15) is 5.75 Å². The maximum atomic E-state index is 12.3. The molecule has 2 rings (SSSR count). The Morgan fingerprint density at radius 1 is 1.29 bits per heavy atom. The third kappa shape index (κ3) is 6.70. The van der Waals surface area contributed by atoms with Crippen LogP contribution in [0.1, 0.15) is 45.4 Å². The second-order valence-corrected chi connectivity index (χ2v) is 6.81. The SMILES string of the molecule is CC[C@@H](Oc1cccc(Cl)c1)C(=O)NCCCN1CCCCCC1. The van der Waals surface area contributed by atoms with Crippen molar-refractivity contribution in [1.29, 1.82) is 0 Å². The number of hydrogen-bond donors (Lipinski definition) is 1. The van der Waals surface area contributed by atoms with E-state index in [4.69, 9.17) is 16.3 Å². The van der Waals surface area contributed by atoms with Gasteiger partial charge in [0.2, 0.25) is 0 Å². The van der Waals surface area contributed by atoms with Crippen LogP contribution in [0.4, 0.5) is 0 Å². The van der Waals surface area contributed by atoms with E-state index in [2.05, 4.69) is 10.2 Å². The third-order valence-electron chi connectivity index (χ3n) is 4.39. The molecule has 5 heteroatoms. The summed E-state index contributed by atoms with van der Waals surface area (Å²) in [5, 5.41) is 3.61. The maximum absolute atomic E-state index is 12.3. The molecule has 0 saturated carbocycles. The fourth-order valence-electron chi connectivity index (χ4n) is 3.01. The lowest BCUT2D eigenvalue weighted by Gasteiger charge is -2.20. The summed E-state index contributed by atoms with van der Waals surface area (Å²) in [6.45, 7) is 6.11. The maximum Gasteiger partial charge on any atom is 0.261 e. The zero-order chi connectivity index (χ0) is 17.2. The fraction of sp³-hybridized carbons (Fsp3) is 0.632. The molecule has 0 radical (unpaired) electrons. The van der Waals surface area contributed by atoms with Crippen molar-refractivity contribution in [3.05, 3.63) is 29.3 Å². The number of carbonyl (C=O) groups is 1. The minimum atomic E-state index is -0.471. The van der Waals surface area contributed by atoms with E-state index in [1.807, 2.05) is 19.1 Å². The molecule has 0 bridgehead atoms. The largest absolute Gasteiger partial charge is 0.481 e. The Bertz CT molecular complexity index is 502. The van der Waals surface area contributed by atoms with Crippen LogP contribution in [0.2, 0.25) is 5.02 Å². The molecule has 0 spiro atoms. The molecule has 0 unspecified atom stereocenters. The van der Waals surface area contributed by atoms with Gasteiger partial charge in [-0.05, 0) is 63.5 Å². The van der Waals surface area contributed by atoms with Crippen LogP contribution in [0.5, 0.6) is 5.75 Å². The smallest absolute Gasteiger partial charge is 0.261 e. The summed E-state index contributed by atoms with van der Waals surface area (Å²) in [6, 6.07) is 7.17. The van der Waals surface area contributed by atoms with Gasteiger partial charge in [0.15, 0.2) is 6.10 Å². The highest BCUT2D eigenvalue weighted by molar-refractivity contribution is 6.30. The first-order valence-electron chi connectivity index (χ1n) is 9.11. The van der Waals surface area contributed by atoms with E-state index in [0.717, 1.165) is 13.0 Å². The monoisotopic (exact) mass is 352 g/mol. The Hall–Kier alpha value is -1.26. The van der Waals surface area contributed by atoms with Crippen molar-refractivity contribution in [2.45, 2.75) is 51.6 Å². The van der Waals surface area contributed by atoms with Gasteiger partial charge in [0.05, 0.1) is 0 Å². The number of nitrogens with one attached hydrogen (secondary N) is 1. The number of carbonyl (C=O) groups excluding carboxylic acids is 1. The van der Waals surface area contributed by atoms with Crippen molar-refractivity contribution in [1.82, 2.24) is 10.2 Å². The van der Waals surface area contributed by atoms with Gasteiger partial charge in [-0.1, -0.05) is 37.4 Å². The molecule has 1 atom stereocenters. The standard InChI is InChI=1S/C19H29ClN2O2/c1-2-18(24-17-10-7-9-16(20)15-17)19(23)21-11-8-14-22-12-5-3-4-6-13-22/h7,9-10,15,18H,2-6,8,11-14H2,1H3,(H,21,23)/t18-/m1/s1. The number of nitrogens with zero attached hydrogens (tertiary/aromatic N) is 1. The number of benzene rings is 1. The van der Waals surface area contributed by atoms with Crippen LogP contribution >= 0.6 is 11.6 Å². The Morgan fingerprint density at radius 2 is 2.04 bits per heavy atom. The van der Waals surface area contributed by atoms with Crippen LogP contribution in [0.3, 0.4) is 0 Å². The summed E-state index contributed by atoms with van der Waals surface area (Å²) in [7, 11) is 0. The van der Waals surface area contributed by atoms with Gasteiger partial charge < -0.3 is 15.0 Å². The molecule has 1 aromatic carbocycles. The van der Waals surface area contributed by atoms with Crippen molar-refractivity contribution in [2.24, 2.45) is 0 Å². The van der Waals surface area contributed by atoms with Crippen molar-refractivity contribution in [2.75, 3.05) is 26.2 Å². The summed E-state index contributed by atoms with van der Waals surface area (Å²) in [4.78, 5) is 14.8. The highest BCUT2D eigenvalue weighted by Crippen LogP contribution is 2.19. The van der Waals surface area contributed by atoms with Gasteiger partial charge >= 0.3 is 0 Å². The van der Waals surface area contributed by atoms with Crippen LogP contribution < -0.4 is 10.1 Å². The molecule has 0 aromatic heterocycles. The lowest BCUT2D eigenvalue weighted by Crippen LogP contribution is -2.39. The second kappa shape index (κ2) is 10.6. The zero-order valence-corrected chi connectivity index (χ0v) is 15.4. The molecule has 1 fully saturated rings. The number of hydrogen-bond acceptors (Lipinski definition) is 3. The molecule has 1 aliphatic heterocycles. The molecule has 1 amide bonds. The first kappa shape index (κ1) is 19.1. The molecule has 0 aliphatic carbocycles. The first-order chi connectivity index (χ1) is 11.7. The molecule has 1 saturated heterocycles. The highest BCUT2D eigenvalue weighted by Gasteiger charge is 2.18. The Kier molecular flexibility index (Phi) is 8.40. The number of likely N-dealkylation sites (tertiary alicyclic amines) is 1. The van der Waals surface area contributed by atoms with Gasteiger partial charge in [-0.15, -0.1) is 0 Å². The van der Waals surface area contributed by atoms with E-state index in [0.29, 0.717) is 23.7 Å². The van der Waals surface area contributed by atoms with Crippen molar-refractivity contribution in [3.63, 3.8) is 0 Å². The topological polar surface area (TPSA) is 41.6 Å². The van der Waals surface area contributed by atoms with Gasteiger partial charge in [0, 0.05) is 11.6 Å². The number of rotatable bonds is 8. The van der Waals surface area contributed by atoms with Gasteiger partial charge in [0.25, 0.3) is 5.91 Å². The van der Waals surface area contributed by atoms with E-state index in [-0.39, 0.29) is 5.91 Å². The minimum absolute atomic E-state index is 0.0478. The average Bonchev–Trinajstić information content (AvgIpc) is 2.85. The highest BCUT2D eigenvalue weighted by atomic mass is 35.5. The van der Waals surface area contributed by atoms with Crippen LogP contribution in [0, 0.1) is 0 Å². The lowest BCUT2D eigenvalue weighted by molar-refractivity contribution is -0.128. The molecule has 1 N–H and O–H groups in total. The van der Waals surface area contributed by atoms with Crippen molar-refractivity contribution >= 4 is 17.5 Å². The van der Waals surface area contributed by atoms with Crippen molar-refractivity contribution in [3.8, 4) is 5.75 Å². The van der Waals surface area contributed by atoms with E-state index in [1.165, 1.54) is 38.8 Å². The summed E-state index contributed by atoms with van der Waals surface area (Å²) in [6.07, 6.45) is 6.46. The summed E-state index contributed by atoms with van der Waals surface area (Å²) in [5.74, 6) is 0.586. The van der Waals surface area contributed by atoms with Gasteiger partial charge in [-0.2, -0.15) is 0 Å². The number of ether oxygens (including phenoxy) is 1. The van der Waals surface area contributed by atoms with Crippen LogP contribution in [-0.2, 0) is 4.79 Å². The molecular formula is C19H29ClN2O2. The normalized spacial score (nSPS) is 17.1. The zero-order valence-electron chi connectivity index (χ0n) is 14.6. The Labute approximate surface area is 150 Å². The quantitative estimate of drug-likeness (QED) is 0.722. The van der Waals surface area contributed by atoms with E-state index >= 15 is 0 Å². The molecule has 24 heavy (non-hydrogen) atoms. The molecule has 4 nitrogen and oxygen atoms in total. The van der Waals surface area contributed by atoms with Crippen LogP contribution in [0.25, 0.3) is 0 Å². The molecule has 134 valence electrons. The Balaban J connectivity index is 1.69. The number of halogens is 1. The van der Waals surface area contributed by atoms with Crippen molar-refractivity contribution < 1.29 is 9.53 Å². The summed E-state index contributed by atoms with van der Waals surface area (Å²) >= 11 is 5.95. The predicted molar refractivity (Wildman–Crippen MR) is 98.7 cm³/mol. The second-order valence-electron chi connectivity index (χ2n) is 6.37. The van der Waals surface area contributed by atoms with Gasteiger partial charge in [-0.25, -0.2) is 0 Å². The fourth-order valence-corrected chi connectivity index (χ4v) is 3.19. The van der Waals surface area contributed by atoms with E-state index in [1.54, 1.807) is 12.1 Å². The lowest BCUT2D eigenvalue weighted by atomic mass is 10.2. The molecule has 1 heterocycles. The third-order valence-corrected chi connectivity index (χ3v) is 4.62. The van der Waals surface area contributed by atoms with Crippen LogP contribution in [-0.4, -0.2) is 43.1 Å². The summed E-state index contributed by atoms with van der Waals surface area (Å²) in [5.41, 5.74) is 0. The van der Waals surface area contributed by atoms with E-state index < -0.39 is 6.10 Å². The average molecular weight is 353 g/mol. The molecule has 1 aliphatic rings. The minimum Gasteiger partial charge on any atom is -0.481 e. The molecular weight excluding hydrogens is 324 g/mol. The Morgan fingerprint density at radius 3 is 2.71 bits per heavy atom. The van der Waals surface area contributed by atoms with Crippen LogP contribution in [0.15, 0.2) is 24.3 Å². The summed E-state index contributed by atoms with van der Waals surface area (Å²) < 4.78 is 5.76. The van der Waals surface area contributed by atoms with Gasteiger partial charge in [-0.3, -0.25) is 4.79 Å². The first-order valence-corrected chi connectivity index (χ1v) is 9.49. The molecule has 1 aromatic rings.